The Hall–Kier alpha value is -1.92. The van der Waals surface area contributed by atoms with E-state index in [4.69, 9.17) is 10.5 Å². The monoisotopic (exact) mass is 281 g/mol. The molecule has 20 heavy (non-hydrogen) atoms. The van der Waals surface area contributed by atoms with Crippen LogP contribution in [0.25, 0.3) is 0 Å². The number of carbonyl (C=O) groups excluding carboxylic acids is 1. The van der Waals surface area contributed by atoms with Crippen LogP contribution in [-0.4, -0.2) is 53.6 Å². The van der Waals surface area contributed by atoms with Crippen molar-refractivity contribution in [2.24, 2.45) is 7.05 Å². The third kappa shape index (κ3) is 2.66. The van der Waals surface area contributed by atoms with Crippen molar-refractivity contribution in [3.8, 4) is 0 Å². The Morgan fingerprint density at radius 3 is 2.45 bits per heavy atom. The van der Waals surface area contributed by atoms with Crippen LogP contribution < -0.4 is 10.6 Å². The van der Waals surface area contributed by atoms with Crippen molar-refractivity contribution in [1.29, 1.82) is 0 Å². The van der Waals surface area contributed by atoms with E-state index in [1.807, 2.05) is 25.6 Å². The molecule has 1 aliphatic heterocycles. The van der Waals surface area contributed by atoms with E-state index in [1.165, 1.54) is 0 Å². The van der Waals surface area contributed by atoms with Gasteiger partial charge in [0.05, 0.1) is 18.0 Å². The molecule has 1 saturated heterocycles. The Labute approximate surface area is 119 Å². The lowest BCUT2D eigenvalue weighted by Crippen LogP contribution is -2.49. The average molecular weight is 281 g/mol. The summed E-state index contributed by atoms with van der Waals surface area (Å²) >= 11 is 0. The van der Waals surface area contributed by atoms with Gasteiger partial charge in [-0.15, -0.1) is 0 Å². The molecule has 2 N–H and O–H groups in total. The van der Waals surface area contributed by atoms with Crippen LogP contribution in [-0.2, 0) is 18.2 Å². The maximum absolute atomic E-state index is 11.7. The number of amides is 1. The number of nitrogen functional groups attached to an aromatic ring is 1. The minimum absolute atomic E-state index is 0.237. The van der Waals surface area contributed by atoms with Crippen molar-refractivity contribution in [3.05, 3.63) is 5.69 Å². The van der Waals surface area contributed by atoms with Crippen LogP contribution in [0.5, 0.6) is 0 Å². The van der Waals surface area contributed by atoms with Crippen molar-refractivity contribution in [3.63, 3.8) is 0 Å². The topological polar surface area (TPSA) is 76.6 Å². The van der Waals surface area contributed by atoms with Crippen LogP contribution in [0.2, 0.25) is 0 Å². The molecule has 0 aliphatic carbocycles. The van der Waals surface area contributed by atoms with Gasteiger partial charge in [-0.3, -0.25) is 4.68 Å². The number of nitrogens with two attached hydrogens (primary N) is 1. The van der Waals surface area contributed by atoms with Crippen molar-refractivity contribution in [2.75, 3.05) is 43.4 Å². The van der Waals surface area contributed by atoms with Crippen LogP contribution in [0.3, 0.4) is 0 Å². The van der Waals surface area contributed by atoms with Crippen LogP contribution >= 0.6 is 0 Å². The highest BCUT2D eigenvalue weighted by Crippen LogP contribution is 2.27. The molecule has 0 unspecified atom stereocenters. The Morgan fingerprint density at radius 1 is 1.30 bits per heavy atom. The lowest BCUT2D eigenvalue weighted by molar-refractivity contribution is 0.105. The molecule has 0 bridgehead atoms. The number of anilines is 2. The molecule has 112 valence electrons. The highest BCUT2D eigenvalue weighted by molar-refractivity contribution is 5.69. The molecule has 0 spiro atoms. The Balaban J connectivity index is 2.04. The lowest BCUT2D eigenvalue weighted by atomic mass is 10.2. The fraction of sp³-hybridized carbons (Fsp3) is 0.692. The van der Waals surface area contributed by atoms with E-state index in [9.17, 15) is 4.79 Å². The standard InChI is InChI=1S/C13H23N5O2/c1-4-10-11(14)12(16(3)15-10)17-6-8-18(9-7-17)13(19)20-5-2/h4-9,14H2,1-3H3. The molecule has 0 aromatic carbocycles. The molecule has 0 atom stereocenters. The number of carbonyl (C=O) groups is 1. The van der Waals surface area contributed by atoms with Gasteiger partial charge in [-0.25, -0.2) is 4.79 Å². The first-order chi connectivity index (χ1) is 9.58. The summed E-state index contributed by atoms with van der Waals surface area (Å²) in [5.74, 6) is 0.949. The fourth-order valence-electron chi connectivity index (χ4n) is 2.54. The summed E-state index contributed by atoms with van der Waals surface area (Å²) in [6.45, 7) is 7.04. The zero-order valence-corrected chi connectivity index (χ0v) is 12.4. The Bertz CT molecular complexity index is 477. The number of aromatic nitrogens is 2. The maximum Gasteiger partial charge on any atom is 0.409 e. The van der Waals surface area contributed by atoms with Gasteiger partial charge >= 0.3 is 6.09 Å². The molecule has 1 aromatic heterocycles. The van der Waals surface area contributed by atoms with Gasteiger partial charge in [0.15, 0.2) is 5.82 Å². The van der Waals surface area contributed by atoms with Crippen molar-refractivity contribution < 1.29 is 9.53 Å². The average Bonchev–Trinajstić information content (AvgIpc) is 2.74. The summed E-state index contributed by atoms with van der Waals surface area (Å²) in [5.41, 5.74) is 7.83. The fourth-order valence-corrected chi connectivity index (χ4v) is 2.54. The van der Waals surface area contributed by atoms with E-state index in [0.29, 0.717) is 19.7 Å². The van der Waals surface area contributed by atoms with Crippen LogP contribution in [0.4, 0.5) is 16.3 Å². The first-order valence-electron chi connectivity index (χ1n) is 7.06. The molecule has 7 nitrogen and oxygen atoms in total. The Morgan fingerprint density at radius 2 is 1.95 bits per heavy atom. The molecule has 2 rings (SSSR count). The quantitative estimate of drug-likeness (QED) is 0.888. The van der Waals surface area contributed by atoms with Gasteiger partial charge < -0.3 is 20.3 Å². The SMILES string of the molecule is CCOC(=O)N1CCN(c2c(N)c(CC)nn2C)CC1. The largest absolute Gasteiger partial charge is 0.450 e. The van der Waals surface area contributed by atoms with E-state index in [0.717, 1.165) is 36.7 Å². The van der Waals surface area contributed by atoms with E-state index in [1.54, 1.807) is 4.90 Å². The van der Waals surface area contributed by atoms with Crippen LogP contribution in [0.1, 0.15) is 19.5 Å². The smallest absolute Gasteiger partial charge is 0.409 e. The molecule has 0 radical (unpaired) electrons. The van der Waals surface area contributed by atoms with Crippen LogP contribution in [0.15, 0.2) is 0 Å². The molecule has 1 amide bonds. The molecular weight excluding hydrogens is 258 g/mol. The lowest BCUT2D eigenvalue weighted by Gasteiger charge is -2.35. The second kappa shape index (κ2) is 6.02. The predicted molar refractivity (Wildman–Crippen MR) is 77.8 cm³/mol. The Kier molecular flexibility index (Phi) is 4.36. The molecule has 1 fully saturated rings. The first-order valence-corrected chi connectivity index (χ1v) is 7.06. The van der Waals surface area contributed by atoms with Gasteiger partial charge in [-0.05, 0) is 13.3 Å². The summed E-state index contributed by atoms with van der Waals surface area (Å²) < 4.78 is 6.85. The molecule has 7 heteroatoms. The predicted octanol–water partition coefficient (Wildman–Crippen LogP) is 0.843. The van der Waals surface area contributed by atoms with Crippen molar-refractivity contribution in [1.82, 2.24) is 14.7 Å². The molecule has 0 saturated carbocycles. The van der Waals surface area contributed by atoms with Crippen molar-refractivity contribution in [2.45, 2.75) is 20.3 Å². The highest BCUT2D eigenvalue weighted by Gasteiger charge is 2.25. The molecular formula is C13H23N5O2. The van der Waals surface area contributed by atoms with Crippen LogP contribution in [0, 0.1) is 0 Å². The number of nitrogens with zero attached hydrogens (tertiary/aromatic N) is 4. The van der Waals surface area contributed by atoms with Gasteiger partial charge in [0, 0.05) is 33.2 Å². The van der Waals surface area contributed by atoms with Gasteiger partial charge in [0.1, 0.15) is 0 Å². The summed E-state index contributed by atoms with van der Waals surface area (Å²) in [6, 6.07) is 0. The zero-order chi connectivity index (χ0) is 14.7. The normalized spacial score (nSPS) is 15.6. The summed E-state index contributed by atoms with van der Waals surface area (Å²) in [4.78, 5) is 15.6. The van der Waals surface area contributed by atoms with Gasteiger partial charge in [0.25, 0.3) is 0 Å². The summed E-state index contributed by atoms with van der Waals surface area (Å²) in [5, 5.41) is 4.43. The van der Waals surface area contributed by atoms with Crippen molar-refractivity contribution >= 4 is 17.6 Å². The van der Waals surface area contributed by atoms with E-state index < -0.39 is 0 Å². The molecule has 2 heterocycles. The van der Waals surface area contributed by atoms with Gasteiger partial charge in [-0.1, -0.05) is 6.92 Å². The van der Waals surface area contributed by atoms with Gasteiger partial charge in [0.2, 0.25) is 0 Å². The number of aryl methyl sites for hydroxylation is 2. The minimum Gasteiger partial charge on any atom is -0.450 e. The third-order valence-electron chi connectivity index (χ3n) is 3.57. The summed E-state index contributed by atoms with van der Waals surface area (Å²) in [6.07, 6.45) is 0.585. The minimum atomic E-state index is -0.237. The second-order valence-corrected chi connectivity index (χ2v) is 4.83. The third-order valence-corrected chi connectivity index (χ3v) is 3.57. The maximum atomic E-state index is 11.7. The number of hydrogen-bond donors (Lipinski definition) is 1. The second-order valence-electron chi connectivity index (χ2n) is 4.83. The summed E-state index contributed by atoms with van der Waals surface area (Å²) in [7, 11) is 1.91. The number of hydrogen-bond acceptors (Lipinski definition) is 5. The zero-order valence-electron chi connectivity index (χ0n) is 12.4. The van der Waals surface area contributed by atoms with E-state index in [-0.39, 0.29) is 6.09 Å². The van der Waals surface area contributed by atoms with Gasteiger partial charge in [-0.2, -0.15) is 5.10 Å². The van der Waals surface area contributed by atoms with E-state index in [2.05, 4.69) is 10.00 Å². The first kappa shape index (κ1) is 14.5. The molecule has 1 aromatic rings. The molecule has 1 aliphatic rings. The number of piperazine rings is 1. The number of rotatable bonds is 3. The highest BCUT2D eigenvalue weighted by atomic mass is 16.6. The number of ether oxygens (including phenoxy) is 1. The van der Waals surface area contributed by atoms with E-state index >= 15 is 0 Å².